The first-order chi connectivity index (χ1) is 42.1. The van der Waals surface area contributed by atoms with E-state index in [-0.39, 0.29) is 25.7 Å². The molecule has 0 aliphatic heterocycles. The Kier molecular flexibility index (Phi) is 57.6. The van der Waals surface area contributed by atoms with Crippen molar-refractivity contribution < 1.29 is 80.2 Å². The fourth-order valence-electron chi connectivity index (χ4n) is 10.3. The van der Waals surface area contributed by atoms with Crippen molar-refractivity contribution in [2.45, 2.75) is 356 Å². The summed E-state index contributed by atoms with van der Waals surface area (Å²) >= 11 is 0. The predicted molar refractivity (Wildman–Crippen MR) is 354 cm³/mol. The zero-order valence-corrected chi connectivity index (χ0v) is 59.1. The molecule has 0 radical (unpaired) electrons. The van der Waals surface area contributed by atoms with Crippen molar-refractivity contribution in [3.05, 3.63) is 0 Å². The number of hydrogen-bond donors (Lipinski definition) is 3. The lowest BCUT2D eigenvalue weighted by molar-refractivity contribution is -0.161. The number of carbonyl (C=O) groups is 4. The average molecular weight is 1300 g/mol. The highest BCUT2D eigenvalue weighted by Crippen LogP contribution is 2.45. The Labute approximate surface area is 537 Å². The number of carbonyl (C=O) groups excluding carboxylic acids is 4. The normalized spacial score (nSPS) is 14.3. The lowest BCUT2D eigenvalue weighted by Crippen LogP contribution is -2.30. The van der Waals surface area contributed by atoms with Crippen LogP contribution in [0, 0.1) is 23.7 Å². The van der Waals surface area contributed by atoms with Gasteiger partial charge in [0.15, 0.2) is 12.2 Å². The van der Waals surface area contributed by atoms with Gasteiger partial charge in [-0.25, -0.2) is 9.13 Å². The lowest BCUT2D eigenvalue weighted by Gasteiger charge is -2.21. The highest BCUT2D eigenvalue weighted by Gasteiger charge is 2.30. The SMILES string of the molecule is CC(C)CCCCCCCCCCCCCC(=O)O[C@H](COC(=O)CCCCCCCCCC(C)C)COP(=O)(O)OCC(O)COP(=O)(O)OC[C@@H](COC(=O)CCCCCCCCCCCC(C)C)OC(=O)CCCCCCCCCCCC(C)C. The molecule has 0 aromatic heterocycles. The summed E-state index contributed by atoms with van der Waals surface area (Å²) in [5, 5.41) is 10.6. The van der Waals surface area contributed by atoms with E-state index in [4.69, 9.17) is 37.0 Å². The second kappa shape index (κ2) is 58.8. The quantitative estimate of drug-likeness (QED) is 0.0222. The molecule has 17 nitrogen and oxygen atoms in total. The van der Waals surface area contributed by atoms with E-state index in [1.54, 1.807) is 0 Å². The fourth-order valence-corrected chi connectivity index (χ4v) is 11.9. The van der Waals surface area contributed by atoms with Gasteiger partial charge in [-0.15, -0.1) is 0 Å². The third-order valence-electron chi connectivity index (χ3n) is 15.8. The van der Waals surface area contributed by atoms with Gasteiger partial charge in [-0.2, -0.15) is 0 Å². The number of rotatable bonds is 66. The van der Waals surface area contributed by atoms with E-state index in [0.29, 0.717) is 31.6 Å². The maximum Gasteiger partial charge on any atom is 0.472 e. The minimum atomic E-state index is -4.95. The highest BCUT2D eigenvalue weighted by molar-refractivity contribution is 7.47. The van der Waals surface area contributed by atoms with E-state index in [2.05, 4.69) is 55.4 Å². The Morgan fingerprint density at radius 1 is 0.284 bits per heavy atom. The number of unbranched alkanes of at least 4 members (excludes halogenated alkanes) is 32. The number of aliphatic hydroxyl groups is 1. The number of esters is 4. The van der Waals surface area contributed by atoms with Gasteiger partial charge in [-0.1, -0.05) is 287 Å². The highest BCUT2D eigenvalue weighted by atomic mass is 31.2. The molecule has 0 rings (SSSR count). The smallest absolute Gasteiger partial charge is 0.462 e. The van der Waals surface area contributed by atoms with E-state index < -0.39 is 97.5 Å². The van der Waals surface area contributed by atoms with Crippen molar-refractivity contribution in [2.24, 2.45) is 23.7 Å². The third kappa shape index (κ3) is 62.8. The predicted octanol–water partition coefficient (Wildman–Crippen LogP) is 19.3. The number of phosphoric acid groups is 2. The minimum Gasteiger partial charge on any atom is -0.462 e. The molecule has 88 heavy (non-hydrogen) atoms. The Balaban J connectivity index is 5.26. The summed E-state index contributed by atoms with van der Waals surface area (Å²) < 4.78 is 68.2. The van der Waals surface area contributed by atoms with Gasteiger partial charge in [0, 0.05) is 25.7 Å². The van der Waals surface area contributed by atoms with Crippen molar-refractivity contribution >= 4 is 39.5 Å². The standard InChI is InChI=1S/C69H134O17P2/c1-59(2)45-37-29-21-14-10-9-11-17-26-35-43-51-68(73)85-65(56-80-67(72)50-42-34-28-20-24-32-40-48-62(7)8)58-84-88(77,78)82-54-63(70)53-81-87(75,76)83-57-64(86-69(74)52-44-36-27-19-13-16-23-31-39-47-61(5)6)55-79-66(71)49-41-33-25-18-12-15-22-30-38-46-60(3)4/h59-65,70H,9-58H2,1-8H3,(H,75,76)(H,77,78)/t63?,64-,65-/m1/s1. The Morgan fingerprint density at radius 2 is 0.477 bits per heavy atom. The van der Waals surface area contributed by atoms with Crippen molar-refractivity contribution in [1.82, 2.24) is 0 Å². The van der Waals surface area contributed by atoms with Gasteiger partial charge < -0.3 is 33.8 Å². The lowest BCUT2D eigenvalue weighted by atomic mass is 10.0. The van der Waals surface area contributed by atoms with Crippen LogP contribution in [-0.4, -0.2) is 96.7 Å². The van der Waals surface area contributed by atoms with Crippen LogP contribution in [0.25, 0.3) is 0 Å². The largest absolute Gasteiger partial charge is 0.472 e. The van der Waals surface area contributed by atoms with Crippen LogP contribution in [0.2, 0.25) is 0 Å². The molecule has 0 bridgehead atoms. The first-order valence-corrected chi connectivity index (χ1v) is 38.7. The van der Waals surface area contributed by atoms with Crippen LogP contribution in [0.1, 0.15) is 338 Å². The molecule has 19 heteroatoms. The van der Waals surface area contributed by atoms with E-state index in [0.717, 1.165) is 114 Å². The second-order valence-electron chi connectivity index (χ2n) is 26.8. The van der Waals surface area contributed by atoms with E-state index in [1.165, 1.54) is 135 Å². The molecule has 3 N–H and O–H groups in total. The number of phosphoric ester groups is 2. The summed E-state index contributed by atoms with van der Waals surface area (Å²) in [5.74, 6) is 0.819. The van der Waals surface area contributed by atoms with Crippen LogP contribution in [0.3, 0.4) is 0 Å². The average Bonchev–Trinajstić information content (AvgIpc) is 3.67. The zero-order chi connectivity index (χ0) is 65.4. The van der Waals surface area contributed by atoms with Crippen LogP contribution in [0.4, 0.5) is 0 Å². The molecule has 522 valence electrons. The molecule has 0 fully saturated rings. The van der Waals surface area contributed by atoms with Crippen LogP contribution in [-0.2, 0) is 65.4 Å². The molecule has 0 aromatic rings. The molecular weight excluding hydrogens is 1160 g/mol. The maximum atomic E-state index is 13.0. The number of aliphatic hydroxyl groups excluding tert-OH is 1. The van der Waals surface area contributed by atoms with Gasteiger partial charge in [0.2, 0.25) is 0 Å². The monoisotopic (exact) mass is 1300 g/mol. The van der Waals surface area contributed by atoms with Gasteiger partial charge in [-0.3, -0.25) is 37.3 Å². The third-order valence-corrected chi connectivity index (χ3v) is 17.7. The Hall–Kier alpha value is -1.94. The van der Waals surface area contributed by atoms with E-state index >= 15 is 0 Å². The summed E-state index contributed by atoms with van der Waals surface area (Å²) in [5.41, 5.74) is 0. The molecule has 5 atom stereocenters. The molecule has 3 unspecified atom stereocenters. The second-order valence-corrected chi connectivity index (χ2v) is 29.7. The molecule has 0 aliphatic rings. The Bertz CT molecular complexity index is 1750. The van der Waals surface area contributed by atoms with Crippen molar-refractivity contribution in [3.63, 3.8) is 0 Å². The fraction of sp³-hybridized carbons (Fsp3) is 0.942. The van der Waals surface area contributed by atoms with Gasteiger partial charge in [0.05, 0.1) is 26.4 Å². The summed E-state index contributed by atoms with van der Waals surface area (Å²) in [4.78, 5) is 72.5. The molecule has 0 saturated heterocycles. The molecule has 0 aliphatic carbocycles. The van der Waals surface area contributed by atoms with E-state index in [1.807, 2.05) is 0 Å². The van der Waals surface area contributed by atoms with Crippen LogP contribution in [0.5, 0.6) is 0 Å². The van der Waals surface area contributed by atoms with Gasteiger partial charge >= 0.3 is 39.5 Å². The van der Waals surface area contributed by atoms with Crippen molar-refractivity contribution in [3.8, 4) is 0 Å². The first kappa shape index (κ1) is 86.1. The molecular formula is C69H134O17P2. The Morgan fingerprint density at radius 3 is 0.705 bits per heavy atom. The molecule has 0 amide bonds. The molecule has 0 aromatic carbocycles. The van der Waals surface area contributed by atoms with Gasteiger partial charge in [0.1, 0.15) is 19.3 Å². The minimum absolute atomic E-state index is 0.104. The molecule has 0 heterocycles. The van der Waals surface area contributed by atoms with E-state index in [9.17, 15) is 43.2 Å². The van der Waals surface area contributed by atoms with Crippen molar-refractivity contribution in [1.29, 1.82) is 0 Å². The zero-order valence-electron chi connectivity index (χ0n) is 57.3. The summed E-state index contributed by atoms with van der Waals surface area (Å²) in [6.07, 6.45) is 40.4. The van der Waals surface area contributed by atoms with Gasteiger partial charge in [-0.05, 0) is 49.4 Å². The van der Waals surface area contributed by atoms with Crippen LogP contribution in [0.15, 0.2) is 0 Å². The number of hydrogen-bond acceptors (Lipinski definition) is 15. The first-order valence-electron chi connectivity index (χ1n) is 35.7. The maximum absolute atomic E-state index is 13.0. The van der Waals surface area contributed by atoms with Gasteiger partial charge in [0.25, 0.3) is 0 Å². The molecule has 0 saturated carbocycles. The number of ether oxygens (including phenoxy) is 4. The summed E-state index contributed by atoms with van der Waals surface area (Å²) in [6.45, 7) is 14.0. The van der Waals surface area contributed by atoms with Crippen LogP contribution >= 0.6 is 15.6 Å². The van der Waals surface area contributed by atoms with Crippen molar-refractivity contribution in [2.75, 3.05) is 39.6 Å². The summed E-state index contributed by atoms with van der Waals surface area (Å²) in [6, 6.07) is 0. The molecule has 0 spiro atoms. The topological polar surface area (TPSA) is 237 Å². The summed E-state index contributed by atoms with van der Waals surface area (Å²) in [7, 11) is -9.90. The van der Waals surface area contributed by atoms with Crippen LogP contribution < -0.4 is 0 Å².